The Morgan fingerprint density at radius 2 is 1.03 bits per heavy atom. The van der Waals surface area contributed by atoms with E-state index in [1.165, 1.54) is 58.5 Å². The molecule has 3 N–H and O–H groups in total. The number of aromatic nitrogens is 4. The molecule has 0 bridgehead atoms. The zero-order valence-corrected chi connectivity index (χ0v) is 37.7. The summed E-state index contributed by atoms with van der Waals surface area (Å²) in [6.07, 6.45) is 1.64. The SMILES string of the molecule is Cc1ccc(Cc2nsc(N3CCN(CCNC(=O)Cc4ccc(F)cc4)CC3)n2)cc1.O=C(NCCN1CCN(c2nc(Cc3ccc(F)cc3)ns2)CC1)NCc1ccccc1. The highest BCUT2D eigenvalue weighted by Crippen LogP contribution is 2.22. The average molecular weight is 908 g/mol. The van der Waals surface area contributed by atoms with E-state index in [4.69, 9.17) is 4.98 Å². The Bertz CT molecular complexity index is 2330. The predicted octanol–water partition coefficient (Wildman–Crippen LogP) is 5.95. The zero-order valence-electron chi connectivity index (χ0n) is 36.1. The molecule has 0 aliphatic carbocycles. The van der Waals surface area contributed by atoms with Crippen LogP contribution < -0.4 is 25.8 Å². The predicted molar refractivity (Wildman–Crippen MR) is 250 cm³/mol. The highest BCUT2D eigenvalue weighted by atomic mass is 32.1. The van der Waals surface area contributed by atoms with Crippen LogP contribution in [0.4, 0.5) is 23.8 Å². The van der Waals surface area contributed by atoms with Gasteiger partial charge in [-0.05, 0) is 53.4 Å². The molecule has 8 rings (SSSR count). The number of benzene rings is 4. The lowest BCUT2D eigenvalue weighted by molar-refractivity contribution is -0.120. The van der Waals surface area contributed by atoms with Crippen molar-refractivity contribution in [2.75, 3.05) is 88.3 Å². The quantitative estimate of drug-likeness (QED) is 0.107. The number of nitrogens with one attached hydrogen (secondary N) is 3. The Balaban J connectivity index is 0.000000191. The number of rotatable bonds is 16. The molecule has 13 nitrogen and oxygen atoms in total. The van der Waals surface area contributed by atoms with E-state index in [0.29, 0.717) is 26.1 Å². The van der Waals surface area contributed by atoms with Crippen LogP contribution in [0.15, 0.2) is 103 Å². The number of carbonyl (C=O) groups is 2. The van der Waals surface area contributed by atoms with Crippen LogP contribution in [0.3, 0.4) is 0 Å². The fourth-order valence-corrected chi connectivity index (χ4v) is 8.73. The van der Waals surface area contributed by atoms with Gasteiger partial charge in [-0.1, -0.05) is 84.4 Å². The van der Waals surface area contributed by atoms with Crippen molar-refractivity contribution in [3.05, 3.63) is 154 Å². The van der Waals surface area contributed by atoms with E-state index in [2.05, 4.69) is 80.5 Å². The van der Waals surface area contributed by atoms with E-state index >= 15 is 0 Å². The topological polar surface area (TPSA) is 135 Å². The molecular formula is C47H55F2N11O2S2. The Morgan fingerprint density at radius 1 is 0.562 bits per heavy atom. The van der Waals surface area contributed by atoms with Gasteiger partial charge in [-0.25, -0.2) is 23.5 Å². The second-order valence-electron chi connectivity index (χ2n) is 15.9. The molecule has 0 atom stereocenters. The van der Waals surface area contributed by atoms with Gasteiger partial charge in [-0.3, -0.25) is 14.6 Å². The van der Waals surface area contributed by atoms with Gasteiger partial charge in [-0.2, -0.15) is 8.75 Å². The molecule has 3 amide bonds. The van der Waals surface area contributed by atoms with Gasteiger partial charge in [0.15, 0.2) is 0 Å². The number of urea groups is 1. The summed E-state index contributed by atoms with van der Waals surface area (Å²) < 4.78 is 35.0. The van der Waals surface area contributed by atoms with E-state index in [1.54, 1.807) is 24.3 Å². The molecule has 4 heterocycles. The molecule has 2 aliphatic heterocycles. The molecule has 2 aliphatic rings. The van der Waals surface area contributed by atoms with Gasteiger partial charge >= 0.3 is 6.03 Å². The minimum absolute atomic E-state index is 0.0368. The number of nitrogens with zero attached hydrogens (tertiary/aromatic N) is 8. The van der Waals surface area contributed by atoms with E-state index < -0.39 is 0 Å². The number of hydrogen-bond acceptors (Lipinski definition) is 12. The van der Waals surface area contributed by atoms with Gasteiger partial charge < -0.3 is 25.8 Å². The Labute approximate surface area is 381 Å². The fraction of sp³-hybridized carbons (Fsp3) is 0.362. The third kappa shape index (κ3) is 14.9. The van der Waals surface area contributed by atoms with Gasteiger partial charge in [0.05, 0.1) is 6.42 Å². The van der Waals surface area contributed by atoms with Crippen LogP contribution >= 0.6 is 23.1 Å². The molecule has 4 aromatic carbocycles. The van der Waals surface area contributed by atoms with Crippen LogP contribution in [0.5, 0.6) is 0 Å². The average Bonchev–Trinajstić information content (AvgIpc) is 3.99. The summed E-state index contributed by atoms with van der Waals surface area (Å²) in [6, 6.07) is 30.7. The normalized spacial score (nSPS) is 14.4. The van der Waals surface area contributed by atoms with Gasteiger partial charge in [0, 0.05) is 121 Å². The maximum Gasteiger partial charge on any atom is 0.315 e. The Morgan fingerprint density at radius 3 is 1.55 bits per heavy atom. The number of carbonyl (C=O) groups excluding carboxylic acids is 2. The number of anilines is 2. The smallest absolute Gasteiger partial charge is 0.315 e. The van der Waals surface area contributed by atoms with Crippen LogP contribution in [0.2, 0.25) is 0 Å². The lowest BCUT2D eigenvalue weighted by Gasteiger charge is -2.34. The van der Waals surface area contributed by atoms with Crippen LogP contribution in [-0.2, 0) is 30.6 Å². The van der Waals surface area contributed by atoms with Crippen molar-refractivity contribution in [3.63, 3.8) is 0 Å². The largest absolute Gasteiger partial charge is 0.355 e. The van der Waals surface area contributed by atoms with E-state index in [1.807, 2.05) is 30.3 Å². The lowest BCUT2D eigenvalue weighted by atomic mass is 10.1. The highest BCUT2D eigenvalue weighted by molar-refractivity contribution is 7.10. The summed E-state index contributed by atoms with van der Waals surface area (Å²) in [7, 11) is 0. The molecule has 2 aromatic heterocycles. The summed E-state index contributed by atoms with van der Waals surface area (Å²) in [5.41, 5.74) is 5.38. The van der Waals surface area contributed by atoms with Gasteiger partial charge in [0.2, 0.25) is 16.2 Å². The van der Waals surface area contributed by atoms with Crippen LogP contribution in [0.1, 0.15) is 39.5 Å². The number of piperazine rings is 2. The minimum atomic E-state index is -0.288. The Kier molecular flexibility index (Phi) is 17.1. The number of halogens is 2. The zero-order chi connectivity index (χ0) is 44.5. The van der Waals surface area contributed by atoms with Gasteiger partial charge in [-0.15, -0.1) is 0 Å². The van der Waals surface area contributed by atoms with Crippen LogP contribution in [0.25, 0.3) is 0 Å². The van der Waals surface area contributed by atoms with Crippen molar-refractivity contribution in [2.45, 2.75) is 32.7 Å². The molecule has 0 saturated carbocycles. The van der Waals surface area contributed by atoms with E-state index in [9.17, 15) is 18.4 Å². The molecule has 336 valence electrons. The van der Waals surface area contributed by atoms with Crippen molar-refractivity contribution in [3.8, 4) is 0 Å². The molecule has 0 unspecified atom stereocenters. The first-order valence-electron chi connectivity index (χ1n) is 21.7. The van der Waals surface area contributed by atoms with Crippen molar-refractivity contribution >= 4 is 45.3 Å². The second kappa shape index (κ2) is 23.7. The summed E-state index contributed by atoms with van der Waals surface area (Å²) in [6.45, 7) is 12.7. The number of aryl methyl sites for hydroxylation is 1. The summed E-state index contributed by atoms with van der Waals surface area (Å²) in [4.78, 5) is 42.7. The number of amides is 3. The second-order valence-corrected chi connectivity index (χ2v) is 17.3. The first-order valence-corrected chi connectivity index (χ1v) is 23.2. The highest BCUT2D eigenvalue weighted by Gasteiger charge is 2.22. The fourth-order valence-electron chi connectivity index (χ4n) is 7.26. The molecule has 2 fully saturated rings. The maximum atomic E-state index is 13.1. The molecule has 0 radical (unpaired) electrons. The molecule has 2 saturated heterocycles. The summed E-state index contributed by atoms with van der Waals surface area (Å²) >= 11 is 2.88. The van der Waals surface area contributed by atoms with Crippen LogP contribution in [-0.4, -0.2) is 119 Å². The molecule has 6 aromatic rings. The van der Waals surface area contributed by atoms with Crippen molar-refractivity contribution in [1.29, 1.82) is 0 Å². The van der Waals surface area contributed by atoms with Crippen LogP contribution in [0, 0.1) is 18.6 Å². The summed E-state index contributed by atoms with van der Waals surface area (Å²) in [5, 5.41) is 10.7. The molecular weight excluding hydrogens is 853 g/mol. The third-order valence-corrected chi connectivity index (χ3v) is 12.6. The number of hydrogen-bond donors (Lipinski definition) is 3. The van der Waals surface area contributed by atoms with Crippen molar-refractivity contribution in [1.82, 2.24) is 44.5 Å². The first-order chi connectivity index (χ1) is 31.2. The van der Waals surface area contributed by atoms with Gasteiger partial charge in [0.25, 0.3) is 0 Å². The Hall–Kier alpha value is -5.88. The van der Waals surface area contributed by atoms with Crippen molar-refractivity contribution in [2.24, 2.45) is 0 Å². The van der Waals surface area contributed by atoms with E-state index in [-0.39, 0.29) is 30.0 Å². The lowest BCUT2D eigenvalue weighted by Crippen LogP contribution is -2.49. The minimum Gasteiger partial charge on any atom is -0.355 e. The maximum absolute atomic E-state index is 13.1. The van der Waals surface area contributed by atoms with E-state index in [0.717, 1.165) is 110 Å². The third-order valence-electron chi connectivity index (χ3n) is 11.0. The monoisotopic (exact) mass is 907 g/mol. The molecule has 0 spiro atoms. The van der Waals surface area contributed by atoms with Crippen molar-refractivity contribution < 1.29 is 18.4 Å². The molecule has 17 heteroatoms. The molecule has 64 heavy (non-hydrogen) atoms. The summed E-state index contributed by atoms with van der Waals surface area (Å²) in [5.74, 6) is 1.08. The van der Waals surface area contributed by atoms with Gasteiger partial charge in [0.1, 0.15) is 23.3 Å². The standard InChI is InChI=1S/C24H28FN5OS.C23H27FN6OS/c1-18-2-4-19(5-3-18)16-22-27-24(32-28-22)30-14-12-29(13-15-30)11-10-26-23(31)17-20-6-8-21(25)9-7-20;24-20-8-6-18(7-9-20)16-21-27-23(32-28-21)30-14-12-29(13-15-30)11-10-25-22(31)26-17-19-4-2-1-3-5-19/h2-9H,10-17H2,1H3,(H,26,31);1-9H,10-17H2,(H2,25,26,31). The first kappa shape index (κ1) is 46.1.